The number of hydrogen-bond donors (Lipinski definition) is 2. The van der Waals surface area contributed by atoms with Crippen molar-refractivity contribution in [3.8, 4) is 0 Å². The molecule has 1 aliphatic carbocycles. The first-order valence-corrected chi connectivity index (χ1v) is 8.25. The second-order valence-electron chi connectivity index (χ2n) is 6.15. The zero-order chi connectivity index (χ0) is 16.5. The molecule has 1 saturated heterocycles. The zero-order valence-corrected chi connectivity index (χ0v) is 13.2. The van der Waals surface area contributed by atoms with E-state index in [1.807, 2.05) is 18.2 Å². The van der Waals surface area contributed by atoms with Gasteiger partial charge in [0.05, 0.1) is 12.3 Å². The first-order chi connectivity index (χ1) is 11.7. The van der Waals surface area contributed by atoms with E-state index >= 15 is 0 Å². The summed E-state index contributed by atoms with van der Waals surface area (Å²) in [6.45, 7) is 1.30. The molecule has 124 valence electrons. The Hall–Kier alpha value is -2.76. The Bertz CT molecular complexity index is 766. The molecule has 1 aliphatic heterocycles. The van der Waals surface area contributed by atoms with Gasteiger partial charge in [0.25, 0.3) is 5.91 Å². The zero-order valence-electron chi connectivity index (χ0n) is 13.2. The van der Waals surface area contributed by atoms with E-state index in [9.17, 15) is 9.59 Å². The molecular formula is C18H19N3O3. The molecular weight excluding hydrogens is 306 g/mol. The van der Waals surface area contributed by atoms with E-state index in [1.165, 1.54) is 0 Å². The Labute approximate surface area is 139 Å². The molecule has 2 aliphatic rings. The van der Waals surface area contributed by atoms with Gasteiger partial charge >= 0.3 is 6.03 Å². The van der Waals surface area contributed by atoms with Gasteiger partial charge in [0.15, 0.2) is 0 Å². The topological polar surface area (TPSA) is 74.6 Å². The van der Waals surface area contributed by atoms with Crippen LogP contribution in [0.3, 0.4) is 0 Å². The van der Waals surface area contributed by atoms with Crippen LogP contribution in [0.2, 0.25) is 0 Å². The Morgan fingerprint density at radius 2 is 2.08 bits per heavy atom. The largest absolute Gasteiger partial charge is 0.469 e. The van der Waals surface area contributed by atoms with Crippen LogP contribution >= 0.6 is 0 Å². The standard InChI is InChI=1S/C18H19N3O3/c22-17(20-15-2-1-3-16-14(15)8-11-24-16)12-4-6-13(7-5-12)21-10-9-19-18(21)23/h4-8,11,15H,1-3,9-10H2,(H,19,23)(H,20,22). The molecule has 24 heavy (non-hydrogen) atoms. The molecule has 1 atom stereocenters. The fourth-order valence-electron chi connectivity index (χ4n) is 3.39. The maximum atomic E-state index is 12.5. The number of nitrogens with zero attached hydrogens (tertiary/aromatic N) is 1. The first kappa shape index (κ1) is 14.8. The highest BCUT2D eigenvalue weighted by atomic mass is 16.3. The summed E-state index contributed by atoms with van der Waals surface area (Å²) in [6, 6.07) is 8.98. The van der Waals surface area contributed by atoms with Gasteiger partial charge in [0, 0.05) is 36.3 Å². The Morgan fingerprint density at radius 1 is 1.25 bits per heavy atom. The van der Waals surface area contributed by atoms with Crippen LogP contribution in [0.25, 0.3) is 0 Å². The van der Waals surface area contributed by atoms with Crippen molar-refractivity contribution in [2.45, 2.75) is 25.3 Å². The molecule has 3 amide bonds. The molecule has 1 fully saturated rings. The molecule has 0 saturated carbocycles. The third-order valence-corrected chi connectivity index (χ3v) is 4.66. The van der Waals surface area contributed by atoms with Gasteiger partial charge in [-0.1, -0.05) is 0 Å². The van der Waals surface area contributed by atoms with Gasteiger partial charge in [-0.3, -0.25) is 9.69 Å². The van der Waals surface area contributed by atoms with Crippen LogP contribution in [0.1, 0.15) is 40.6 Å². The van der Waals surface area contributed by atoms with Gasteiger partial charge in [0.2, 0.25) is 0 Å². The number of hydrogen-bond acceptors (Lipinski definition) is 3. The van der Waals surface area contributed by atoms with E-state index in [-0.39, 0.29) is 18.0 Å². The maximum absolute atomic E-state index is 12.5. The average Bonchev–Trinajstić information content (AvgIpc) is 3.24. The average molecular weight is 325 g/mol. The van der Waals surface area contributed by atoms with Crippen molar-refractivity contribution in [3.63, 3.8) is 0 Å². The summed E-state index contributed by atoms with van der Waals surface area (Å²) in [7, 11) is 0. The van der Waals surface area contributed by atoms with Gasteiger partial charge in [-0.05, 0) is 43.2 Å². The number of furan rings is 1. The number of carbonyl (C=O) groups excluding carboxylic acids is 2. The molecule has 0 radical (unpaired) electrons. The number of fused-ring (bicyclic) bond motifs is 1. The lowest BCUT2D eigenvalue weighted by molar-refractivity contribution is 0.0932. The van der Waals surface area contributed by atoms with E-state index < -0.39 is 0 Å². The lowest BCUT2D eigenvalue weighted by Crippen LogP contribution is -2.30. The highest BCUT2D eigenvalue weighted by Gasteiger charge is 2.25. The highest BCUT2D eigenvalue weighted by molar-refractivity contribution is 5.97. The molecule has 6 heteroatoms. The third-order valence-electron chi connectivity index (χ3n) is 4.66. The normalized spacial score (nSPS) is 19.8. The summed E-state index contributed by atoms with van der Waals surface area (Å²) in [5, 5.41) is 5.85. The quantitative estimate of drug-likeness (QED) is 0.911. The van der Waals surface area contributed by atoms with E-state index in [0.717, 1.165) is 36.3 Å². The van der Waals surface area contributed by atoms with Gasteiger partial charge in [-0.25, -0.2) is 4.79 Å². The van der Waals surface area contributed by atoms with Crippen LogP contribution in [0.15, 0.2) is 41.0 Å². The van der Waals surface area contributed by atoms with E-state index in [0.29, 0.717) is 18.7 Å². The van der Waals surface area contributed by atoms with E-state index in [4.69, 9.17) is 4.42 Å². The monoisotopic (exact) mass is 325 g/mol. The molecule has 1 unspecified atom stereocenters. The summed E-state index contributed by atoms with van der Waals surface area (Å²) in [4.78, 5) is 25.8. The minimum Gasteiger partial charge on any atom is -0.469 e. The molecule has 1 aromatic carbocycles. The molecule has 2 N–H and O–H groups in total. The summed E-state index contributed by atoms with van der Waals surface area (Å²) >= 11 is 0. The van der Waals surface area contributed by atoms with Crippen molar-refractivity contribution in [1.29, 1.82) is 0 Å². The SMILES string of the molecule is O=C(NC1CCCc2occc21)c1ccc(N2CCNC2=O)cc1. The lowest BCUT2D eigenvalue weighted by Gasteiger charge is -2.23. The van der Waals surface area contributed by atoms with Gasteiger partial charge < -0.3 is 15.1 Å². The number of urea groups is 1. The molecule has 0 spiro atoms. The van der Waals surface area contributed by atoms with Crippen molar-refractivity contribution in [3.05, 3.63) is 53.5 Å². The van der Waals surface area contributed by atoms with Crippen LogP contribution in [0.5, 0.6) is 0 Å². The van der Waals surface area contributed by atoms with Crippen LogP contribution in [-0.2, 0) is 6.42 Å². The molecule has 4 rings (SSSR count). The smallest absolute Gasteiger partial charge is 0.321 e. The van der Waals surface area contributed by atoms with Crippen LogP contribution < -0.4 is 15.5 Å². The second kappa shape index (κ2) is 6.03. The van der Waals surface area contributed by atoms with Gasteiger partial charge in [0.1, 0.15) is 5.76 Å². The number of anilines is 1. The number of nitrogens with one attached hydrogen (secondary N) is 2. The molecule has 1 aromatic heterocycles. The summed E-state index contributed by atoms with van der Waals surface area (Å²) in [6.07, 6.45) is 4.55. The minimum atomic E-state index is -0.105. The lowest BCUT2D eigenvalue weighted by atomic mass is 9.93. The van der Waals surface area contributed by atoms with Crippen LogP contribution in [-0.4, -0.2) is 25.0 Å². The molecule has 2 heterocycles. The maximum Gasteiger partial charge on any atom is 0.321 e. The van der Waals surface area contributed by atoms with Crippen molar-refractivity contribution < 1.29 is 14.0 Å². The number of amides is 3. The van der Waals surface area contributed by atoms with Crippen molar-refractivity contribution in [2.75, 3.05) is 18.0 Å². The molecule has 6 nitrogen and oxygen atoms in total. The first-order valence-electron chi connectivity index (χ1n) is 8.25. The van der Waals surface area contributed by atoms with Crippen molar-refractivity contribution >= 4 is 17.6 Å². The number of carbonyl (C=O) groups is 2. The van der Waals surface area contributed by atoms with E-state index in [1.54, 1.807) is 23.3 Å². The summed E-state index contributed by atoms with van der Waals surface area (Å²) < 4.78 is 5.46. The fourth-order valence-corrected chi connectivity index (χ4v) is 3.39. The number of rotatable bonds is 3. The Kier molecular flexibility index (Phi) is 3.72. The van der Waals surface area contributed by atoms with Crippen LogP contribution in [0.4, 0.5) is 10.5 Å². The third kappa shape index (κ3) is 2.64. The fraction of sp³-hybridized carbons (Fsp3) is 0.333. The van der Waals surface area contributed by atoms with E-state index in [2.05, 4.69) is 10.6 Å². The van der Waals surface area contributed by atoms with Crippen LogP contribution in [0, 0.1) is 0 Å². The number of aryl methyl sites for hydroxylation is 1. The number of benzene rings is 1. The molecule has 2 aromatic rings. The Balaban J connectivity index is 1.47. The minimum absolute atomic E-state index is 0.00374. The highest BCUT2D eigenvalue weighted by Crippen LogP contribution is 2.30. The summed E-state index contributed by atoms with van der Waals surface area (Å²) in [5.41, 5.74) is 2.48. The predicted molar refractivity (Wildman–Crippen MR) is 89.0 cm³/mol. The van der Waals surface area contributed by atoms with Crippen molar-refractivity contribution in [2.24, 2.45) is 0 Å². The summed E-state index contributed by atoms with van der Waals surface area (Å²) in [5.74, 6) is 0.869. The Morgan fingerprint density at radius 3 is 2.83 bits per heavy atom. The van der Waals surface area contributed by atoms with Gasteiger partial charge in [-0.2, -0.15) is 0 Å². The molecule has 0 bridgehead atoms. The second-order valence-corrected chi connectivity index (χ2v) is 6.15. The van der Waals surface area contributed by atoms with Crippen molar-refractivity contribution in [1.82, 2.24) is 10.6 Å². The predicted octanol–water partition coefficient (Wildman–Crippen LogP) is 2.62. The van der Waals surface area contributed by atoms with Gasteiger partial charge in [-0.15, -0.1) is 0 Å².